The van der Waals surface area contributed by atoms with E-state index in [1.807, 2.05) is 24.4 Å². The number of H-pyrrole nitrogens is 1. The van der Waals surface area contributed by atoms with Crippen LogP contribution in [0.1, 0.15) is 13.8 Å². The molecule has 1 rings (SSSR count). The summed E-state index contributed by atoms with van der Waals surface area (Å²) in [4.78, 5) is 3.09. The molecule has 0 aromatic carbocycles. The Morgan fingerprint density at radius 3 is 2.70 bits per heavy atom. The van der Waals surface area contributed by atoms with Gasteiger partial charge in [0.05, 0.1) is 12.2 Å². The Kier molecular flexibility index (Phi) is 2.26. The van der Waals surface area contributed by atoms with E-state index in [9.17, 15) is 0 Å². The molecule has 0 radical (unpaired) electrons. The van der Waals surface area contributed by atoms with Crippen molar-refractivity contribution in [1.82, 2.24) is 0 Å². The van der Waals surface area contributed by atoms with Gasteiger partial charge in [0.1, 0.15) is 0 Å². The Labute approximate surface area is 61.3 Å². The highest BCUT2D eigenvalue weighted by Gasteiger charge is 1.99. The maximum atomic E-state index is 3.25. The van der Waals surface area contributed by atoms with Crippen LogP contribution in [0.2, 0.25) is 0 Å². The molecule has 0 unspecified atom stereocenters. The Balaban J connectivity index is 2.59. The predicted molar refractivity (Wildman–Crippen MR) is 41.8 cm³/mol. The number of hydrogen-bond donors (Lipinski definition) is 1. The first-order chi connectivity index (χ1) is 4.79. The number of anilines is 1. The molecule has 2 N–H and O–H groups in total. The molecule has 0 aliphatic rings. The number of nitrogens with one attached hydrogen (secondary N) is 2. The summed E-state index contributed by atoms with van der Waals surface area (Å²) in [6.45, 7) is 4.22. The minimum Gasteiger partial charge on any atom is -0.272 e. The van der Waals surface area contributed by atoms with Gasteiger partial charge in [0.2, 0.25) is 0 Å². The Hall–Kier alpha value is -1.05. The second-order valence-electron chi connectivity index (χ2n) is 2.58. The molecule has 0 bridgehead atoms. The van der Waals surface area contributed by atoms with Crippen LogP contribution in [0, 0.1) is 0 Å². The molecule has 0 aliphatic carbocycles. The monoisotopic (exact) mass is 137 g/mol. The summed E-state index contributed by atoms with van der Waals surface area (Å²) in [5.74, 6) is 1.07. The van der Waals surface area contributed by atoms with Crippen molar-refractivity contribution in [2.24, 2.45) is 0 Å². The van der Waals surface area contributed by atoms with E-state index in [0.717, 1.165) is 5.82 Å². The van der Waals surface area contributed by atoms with Gasteiger partial charge >= 0.3 is 0 Å². The molecule has 0 saturated carbocycles. The smallest absolute Gasteiger partial charge is 0.272 e. The van der Waals surface area contributed by atoms with Crippen molar-refractivity contribution in [2.75, 3.05) is 5.32 Å². The summed E-state index contributed by atoms with van der Waals surface area (Å²) in [5.41, 5.74) is 0. The van der Waals surface area contributed by atoms with E-state index in [1.54, 1.807) is 0 Å². The molecule has 0 atom stereocenters. The minimum absolute atomic E-state index is 0.485. The molecule has 0 saturated heterocycles. The lowest BCUT2D eigenvalue weighted by Gasteiger charge is -1.99. The van der Waals surface area contributed by atoms with Crippen LogP contribution in [-0.2, 0) is 0 Å². The zero-order chi connectivity index (χ0) is 7.40. The Bertz CT molecular complexity index is 182. The Morgan fingerprint density at radius 1 is 1.40 bits per heavy atom. The number of rotatable bonds is 2. The lowest BCUT2D eigenvalue weighted by atomic mass is 10.4. The zero-order valence-corrected chi connectivity index (χ0v) is 6.39. The van der Waals surface area contributed by atoms with Gasteiger partial charge in [0.15, 0.2) is 0 Å². The third-order valence-corrected chi connectivity index (χ3v) is 1.15. The molecule has 10 heavy (non-hydrogen) atoms. The maximum absolute atomic E-state index is 3.25. The summed E-state index contributed by atoms with van der Waals surface area (Å²) in [7, 11) is 0. The van der Waals surface area contributed by atoms with E-state index in [2.05, 4.69) is 24.1 Å². The highest BCUT2D eigenvalue weighted by atomic mass is 15.0. The van der Waals surface area contributed by atoms with Crippen molar-refractivity contribution < 1.29 is 4.98 Å². The highest BCUT2D eigenvalue weighted by molar-refractivity contribution is 5.27. The number of hydrogen-bond acceptors (Lipinski definition) is 1. The van der Waals surface area contributed by atoms with E-state index in [1.165, 1.54) is 0 Å². The fourth-order valence-corrected chi connectivity index (χ4v) is 0.794. The van der Waals surface area contributed by atoms with Gasteiger partial charge in [0, 0.05) is 6.07 Å². The van der Waals surface area contributed by atoms with Crippen LogP contribution in [0.5, 0.6) is 0 Å². The van der Waals surface area contributed by atoms with Gasteiger partial charge in [-0.1, -0.05) is 6.07 Å². The van der Waals surface area contributed by atoms with Gasteiger partial charge in [-0.3, -0.25) is 5.32 Å². The lowest BCUT2D eigenvalue weighted by molar-refractivity contribution is -0.361. The summed E-state index contributed by atoms with van der Waals surface area (Å²) in [6.07, 6.45) is 1.91. The van der Waals surface area contributed by atoms with E-state index in [-0.39, 0.29) is 0 Å². The number of aromatic amines is 1. The van der Waals surface area contributed by atoms with Crippen LogP contribution in [0.4, 0.5) is 5.82 Å². The first kappa shape index (κ1) is 7.06. The predicted octanol–water partition coefficient (Wildman–Crippen LogP) is 1.32. The second kappa shape index (κ2) is 3.20. The number of aromatic nitrogens is 1. The molecule has 1 aromatic rings. The standard InChI is InChI=1S/C8H12N2/c1-7(2)10-8-5-3-4-6-9-8/h3-7H,1-2H3,(H,9,10)/p+1. The third kappa shape index (κ3) is 2.05. The van der Waals surface area contributed by atoms with Crippen LogP contribution < -0.4 is 10.3 Å². The minimum atomic E-state index is 0.485. The second-order valence-corrected chi connectivity index (χ2v) is 2.58. The molecule has 0 amide bonds. The van der Waals surface area contributed by atoms with Crippen LogP contribution in [0.3, 0.4) is 0 Å². The normalized spacial score (nSPS) is 9.90. The van der Waals surface area contributed by atoms with E-state index in [0.29, 0.717) is 6.04 Å². The molecule has 0 spiro atoms. The molecule has 54 valence electrons. The molecular formula is C8H13N2+. The van der Waals surface area contributed by atoms with Gasteiger partial charge in [-0.15, -0.1) is 0 Å². The first-order valence-electron chi connectivity index (χ1n) is 3.52. The van der Waals surface area contributed by atoms with Crippen molar-refractivity contribution in [3.63, 3.8) is 0 Å². The van der Waals surface area contributed by atoms with E-state index in [4.69, 9.17) is 0 Å². The van der Waals surface area contributed by atoms with Crippen molar-refractivity contribution in [3.8, 4) is 0 Å². The lowest BCUT2D eigenvalue weighted by Crippen LogP contribution is -2.17. The van der Waals surface area contributed by atoms with Crippen LogP contribution >= 0.6 is 0 Å². The van der Waals surface area contributed by atoms with Gasteiger partial charge in [-0.05, 0) is 19.9 Å². The summed E-state index contributed by atoms with van der Waals surface area (Å²) < 4.78 is 0. The molecule has 2 nitrogen and oxygen atoms in total. The highest BCUT2D eigenvalue weighted by Crippen LogP contribution is 1.96. The zero-order valence-electron chi connectivity index (χ0n) is 6.39. The van der Waals surface area contributed by atoms with Crippen molar-refractivity contribution >= 4 is 5.82 Å². The molecule has 0 fully saturated rings. The average Bonchev–Trinajstić information content (AvgIpc) is 1.88. The van der Waals surface area contributed by atoms with Crippen LogP contribution in [0.15, 0.2) is 24.4 Å². The van der Waals surface area contributed by atoms with E-state index >= 15 is 0 Å². The summed E-state index contributed by atoms with van der Waals surface area (Å²) >= 11 is 0. The van der Waals surface area contributed by atoms with Crippen LogP contribution in [-0.4, -0.2) is 6.04 Å². The van der Waals surface area contributed by atoms with Crippen LogP contribution in [0.25, 0.3) is 0 Å². The number of pyridine rings is 1. The largest absolute Gasteiger partial charge is 0.272 e. The van der Waals surface area contributed by atoms with Crippen molar-refractivity contribution in [2.45, 2.75) is 19.9 Å². The molecule has 2 heteroatoms. The third-order valence-electron chi connectivity index (χ3n) is 1.15. The molecule has 1 aromatic heterocycles. The quantitative estimate of drug-likeness (QED) is 0.653. The average molecular weight is 137 g/mol. The fourth-order valence-electron chi connectivity index (χ4n) is 0.794. The fraction of sp³-hybridized carbons (Fsp3) is 0.375. The molecule has 1 heterocycles. The van der Waals surface area contributed by atoms with Gasteiger partial charge in [0.25, 0.3) is 5.82 Å². The van der Waals surface area contributed by atoms with Crippen molar-refractivity contribution in [3.05, 3.63) is 24.4 Å². The first-order valence-corrected chi connectivity index (χ1v) is 3.52. The Morgan fingerprint density at radius 2 is 2.20 bits per heavy atom. The summed E-state index contributed by atoms with van der Waals surface area (Å²) in [6, 6.07) is 6.46. The topological polar surface area (TPSA) is 26.2 Å². The molecule has 0 aliphatic heterocycles. The van der Waals surface area contributed by atoms with Gasteiger partial charge in [-0.25, -0.2) is 4.98 Å². The van der Waals surface area contributed by atoms with Gasteiger partial charge in [-0.2, -0.15) is 0 Å². The van der Waals surface area contributed by atoms with Crippen molar-refractivity contribution in [1.29, 1.82) is 0 Å². The maximum Gasteiger partial charge on any atom is 0.272 e. The van der Waals surface area contributed by atoms with E-state index < -0.39 is 0 Å². The van der Waals surface area contributed by atoms with Gasteiger partial charge < -0.3 is 0 Å². The SMILES string of the molecule is CC(C)Nc1cccc[nH+]1. The summed E-state index contributed by atoms with van der Waals surface area (Å²) in [5, 5.41) is 3.25. The molecular weight excluding hydrogens is 124 g/mol.